The van der Waals surface area contributed by atoms with Crippen LogP contribution >= 0.6 is 0 Å². The maximum absolute atomic E-state index is 12.6. The lowest BCUT2D eigenvalue weighted by Crippen LogP contribution is -1.98. The summed E-state index contributed by atoms with van der Waals surface area (Å²) in [5.74, 6) is 2.16. The molecule has 0 aliphatic carbocycles. The van der Waals surface area contributed by atoms with Gasteiger partial charge in [-0.05, 0) is 48.4 Å². The Kier molecular flexibility index (Phi) is 4.85. The third-order valence-electron chi connectivity index (χ3n) is 4.56. The van der Waals surface area contributed by atoms with Crippen LogP contribution in [-0.4, -0.2) is 12.9 Å². The SMILES string of the molecule is COc1cccc(COc2ccc3c(c2)OC(=Cc2ccc(C)cc2)C3=O)c1. The van der Waals surface area contributed by atoms with Gasteiger partial charge in [-0.3, -0.25) is 4.79 Å². The van der Waals surface area contributed by atoms with Crippen LogP contribution in [0.4, 0.5) is 0 Å². The molecule has 28 heavy (non-hydrogen) atoms. The van der Waals surface area contributed by atoms with Crippen molar-refractivity contribution in [2.45, 2.75) is 13.5 Å². The van der Waals surface area contributed by atoms with E-state index >= 15 is 0 Å². The molecular weight excluding hydrogens is 352 g/mol. The van der Waals surface area contributed by atoms with Crippen LogP contribution in [0.5, 0.6) is 17.2 Å². The first-order valence-electron chi connectivity index (χ1n) is 9.03. The van der Waals surface area contributed by atoms with Crippen molar-refractivity contribution in [3.63, 3.8) is 0 Å². The molecule has 0 unspecified atom stereocenters. The Hall–Kier alpha value is -3.53. The summed E-state index contributed by atoms with van der Waals surface area (Å²) in [4.78, 5) is 12.6. The fourth-order valence-electron chi connectivity index (χ4n) is 3.00. The van der Waals surface area contributed by atoms with E-state index in [1.165, 1.54) is 5.56 Å². The number of carbonyl (C=O) groups is 1. The van der Waals surface area contributed by atoms with Crippen LogP contribution < -0.4 is 14.2 Å². The van der Waals surface area contributed by atoms with Crippen LogP contribution in [0, 0.1) is 6.92 Å². The van der Waals surface area contributed by atoms with Crippen LogP contribution in [0.25, 0.3) is 6.08 Å². The van der Waals surface area contributed by atoms with Gasteiger partial charge in [0.2, 0.25) is 5.78 Å². The molecule has 4 rings (SSSR count). The summed E-state index contributed by atoms with van der Waals surface area (Å²) < 4.78 is 16.9. The van der Waals surface area contributed by atoms with E-state index < -0.39 is 0 Å². The van der Waals surface area contributed by atoms with Gasteiger partial charge in [-0.25, -0.2) is 0 Å². The van der Waals surface area contributed by atoms with E-state index in [0.29, 0.717) is 29.4 Å². The van der Waals surface area contributed by atoms with E-state index in [9.17, 15) is 4.79 Å². The molecule has 1 aliphatic heterocycles. The molecule has 1 aliphatic rings. The zero-order valence-corrected chi connectivity index (χ0v) is 15.8. The smallest absolute Gasteiger partial charge is 0.231 e. The topological polar surface area (TPSA) is 44.8 Å². The third kappa shape index (κ3) is 3.76. The molecule has 0 bridgehead atoms. The van der Waals surface area contributed by atoms with Crippen molar-refractivity contribution in [1.29, 1.82) is 0 Å². The largest absolute Gasteiger partial charge is 0.497 e. The third-order valence-corrected chi connectivity index (χ3v) is 4.56. The fraction of sp³-hybridized carbons (Fsp3) is 0.125. The highest BCUT2D eigenvalue weighted by atomic mass is 16.5. The summed E-state index contributed by atoms with van der Waals surface area (Å²) in [6, 6.07) is 20.9. The highest BCUT2D eigenvalue weighted by Gasteiger charge is 2.27. The molecule has 0 fully saturated rings. The Morgan fingerprint density at radius 1 is 0.964 bits per heavy atom. The van der Waals surface area contributed by atoms with Gasteiger partial charge in [-0.15, -0.1) is 0 Å². The number of methoxy groups -OCH3 is 1. The Morgan fingerprint density at radius 3 is 2.57 bits per heavy atom. The minimum absolute atomic E-state index is 0.116. The van der Waals surface area contributed by atoms with E-state index in [1.54, 1.807) is 31.4 Å². The average Bonchev–Trinajstić information content (AvgIpc) is 3.03. The zero-order chi connectivity index (χ0) is 19.5. The summed E-state index contributed by atoms with van der Waals surface area (Å²) >= 11 is 0. The minimum atomic E-state index is -0.116. The Bertz CT molecular complexity index is 1050. The van der Waals surface area contributed by atoms with E-state index in [2.05, 4.69) is 0 Å². The average molecular weight is 372 g/mol. The lowest BCUT2D eigenvalue weighted by molar-refractivity contribution is 0.101. The molecule has 0 atom stereocenters. The molecule has 0 spiro atoms. The number of hydrogen-bond donors (Lipinski definition) is 0. The van der Waals surface area contributed by atoms with Crippen molar-refractivity contribution in [2.75, 3.05) is 7.11 Å². The lowest BCUT2D eigenvalue weighted by atomic mass is 10.1. The van der Waals surface area contributed by atoms with E-state index in [-0.39, 0.29) is 5.78 Å². The predicted molar refractivity (Wildman–Crippen MR) is 108 cm³/mol. The number of Topliss-reactive ketones (excluding diaryl/α,β-unsaturated/α-hetero) is 1. The second-order valence-electron chi connectivity index (χ2n) is 6.65. The van der Waals surface area contributed by atoms with Gasteiger partial charge in [0.1, 0.15) is 23.9 Å². The summed E-state index contributed by atoms with van der Waals surface area (Å²) in [5.41, 5.74) is 3.64. The predicted octanol–water partition coefficient (Wildman–Crippen LogP) is 5.20. The number of ether oxygens (including phenoxy) is 3. The number of rotatable bonds is 5. The summed E-state index contributed by atoms with van der Waals surface area (Å²) in [6.07, 6.45) is 1.76. The number of benzene rings is 3. The van der Waals surface area contributed by atoms with Crippen LogP contribution in [0.2, 0.25) is 0 Å². The quantitative estimate of drug-likeness (QED) is 0.578. The molecule has 3 aromatic carbocycles. The maximum Gasteiger partial charge on any atom is 0.231 e. The summed E-state index contributed by atoms with van der Waals surface area (Å²) in [6.45, 7) is 2.42. The van der Waals surface area contributed by atoms with Gasteiger partial charge in [0, 0.05) is 6.07 Å². The van der Waals surface area contributed by atoms with Gasteiger partial charge in [0.05, 0.1) is 12.7 Å². The van der Waals surface area contributed by atoms with Crippen molar-refractivity contribution >= 4 is 11.9 Å². The second-order valence-corrected chi connectivity index (χ2v) is 6.65. The molecule has 0 amide bonds. The molecule has 0 saturated carbocycles. The normalized spacial score (nSPS) is 13.9. The zero-order valence-electron chi connectivity index (χ0n) is 15.8. The summed E-state index contributed by atoms with van der Waals surface area (Å²) in [5, 5.41) is 0. The van der Waals surface area contributed by atoms with Gasteiger partial charge in [0.25, 0.3) is 0 Å². The molecule has 4 nitrogen and oxygen atoms in total. The second kappa shape index (κ2) is 7.61. The first kappa shape index (κ1) is 17.9. The first-order valence-corrected chi connectivity index (χ1v) is 9.03. The molecule has 140 valence electrons. The van der Waals surface area contributed by atoms with Crippen molar-refractivity contribution < 1.29 is 19.0 Å². The number of hydrogen-bond acceptors (Lipinski definition) is 4. The van der Waals surface area contributed by atoms with Crippen LogP contribution in [0.3, 0.4) is 0 Å². The lowest BCUT2D eigenvalue weighted by Gasteiger charge is -2.08. The highest BCUT2D eigenvalue weighted by Crippen LogP contribution is 2.35. The monoisotopic (exact) mass is 372 g/mol. The van der Waals surface area contributed by atoms with E-state index in [0.717, 1.165) is 16.9 Å². The van der Waals surface area contributed by atoms with Gasteiger partial charge in [0.15, 0.2) is 5.76 Å². The Balaban J connectivity index is 1.49. The number of ketones is 1. The van der Waals surface area contributed by atoms with Crippen LogP contribution in [-0.2, 0) is 6.61 Å². The van der Waals surface area contributed by atoms with Crippen molar-refractivity contribution in [3.05, 3.63) is 94.7 Å². The van der Waals surface area contributed by atoms with E-state index in [1.807, 2.05) is 55.5 Å². The number of carbonyl (C=O) groups excluding carboxylic acids is 1. The molecular formula is C24H20O4. The number of allylic oxidation sites excluding steroid dienone is 1. The van der Waals surface area contributed by atoms with Crippen LogP contribution in [0.1, 0.15) is 27.0 Å². The van der Waals surface area contributed by atoms with Gasteiger partial charge in [-0.1, -0.05) is 42.0 Å². The molecule has 1 heterocycles. The molecule has 4 heteroatoms. The summed E-state index contributed by atoms with van der Waals surface area (Å²) in [7, 11) is 1.64. The van der Waals surface area contributed by atoms with Crippen molar-refractivity contribution in [2.24, 2.45) is 0 Å². The van der Waals surface area contributed by atoms with Crippen molar-refractivity contribution in [1.82, 2.24) is 0 Å². The van der Waals surface area contributed by atoms with Gasteiger partial charge >= 0.3 is 0 Å². The molecule has 0 N–H and O–H groups in total. The number of aryl methyl sites for hydroxylation is 1. The molecule has 0 saturated heterocycles. The standard InChI is InChI=1S/C24H20O4/c1-16-6-8-17(9-7-16)13-23-24(25)21-11-10-20(14-22(21)28-23)27-15-18-4-3-5-19(12-18)26-2/h3-14H,15H2,1-2H3. The maximum atomic E-state index is 12.6. The highest BCUT2D eigenvalue weighted by molar-refractivity contribution is 6.14. The fourth-order valence-corrected chi connectivity index (χ4v) is 3.00. The van der Waals surface area contributed by atoms with Crippen LogP contribution in [0.15, 0.2) is 72.5 Å². The van der Waals surface area contributed by atoms with E-state index in [4.69, 9.17) is 14.2 Å². The molecule has 0 radical (unpaired) electrons. The molecule has 3 aromatic rings. The van der Waals surface area contributed by atoms with Crippen molar-refractivity contribution in [3.8, 4) is 17.2 Å². The minimum Gasteiger partial charge on any atom is -0.497 e. The Labute approximate surface area is 164 Å². The number of fused-ring (bicyclic) bond motifs is 1. The Morgan fingerprint density at radius 2 is 1.79 bits per heavy atom. The van der Waals surface area contributed by atoms with Gasteiger partial charge < -0.3 is 14.2 Å². The van der Waals surface area contributed by atoms with Gasteiger partial charge in [-0.2, -0.15) is 0 Å². The molecule has 0 aromatic heterocycles. The first-order chi connectivity index (χ1) is 13.6.